The minimum atomic E-state index is -0.675. The number of quaternary nitrogens is 1. The third-order valence-electron chi connectivity index (χ3n) is 7.93. The van der Waals surface area contributed by atoms with Crippen LogP contribution in [0.5, 0.6) is 0 Å². The Balaban J connectivity index is 0. The number of unbranched alkanes of at least 4 members (excludes halogenated alkanes) is 12. The highest BCUT2D eigenvalue weighted by molar-refractivity contribution is 5.70. The zero-order valence-electron chi connectivity index (χ0n) is 31.9. The van der Waals surface area contributed by atoms with Gasteiger partial charge in [-0.1, -0.05) is 97.8 Å². The summed E-state index contributed by atoms with van der Waals surface area (Å²) >= 11 is 0. The SMILES string of the molecule is CCCCCCCCCCCCCC(OC(=O)NCCCC(=O)OCCCC)C(C[N+](C)(C)C)OC(=O)NCCCC(=O)OCCCC.[I-]. The van der Waals surface area contributed by atoms with Gasteiger partial charge in [-0.25, -0.2) is 9.59 Å². The summed E-state index contributed by atoms with van der Waals surface area (Å²) in [5.41, 5.74) is 0. The van der Waals surface area contributed by atoms with Crippen molar-refractivity contribution >= 4 is 24.1 Å². The summed E-state index contributed by atoms with van der Waals surface area (Å²) in [4.78, 5) is 49.5. The molecular weight excluding hydrogens is 741 g/mol. The smallest absolute Gasteiger partial charge is 0.407 e. The fourth-order valence-electron chi connectivity index (χ4n) is 5.11. The van der Waals surface area contributed by atoms with E-state index in [2.05, 4.69) is 17.6 Å². The topological polar surface area (TPSA) is 129 Å². The molecule has 0 aromatic carbocycles. The highest BCUT2D eigenvalue weighted by Crippen LogP contribution is 2.18. The summed E-state index contributed by atoms with van der Waals surface area (Å²) in [5, 5.41) is 5.48. The second-order valence-electron chi connectivity index (χ2n) is 13.9. The van der Waals surface area contributed by atoms with E-state index in [1.54, 1.807) is 0 Å². The summed E-state index contributed by atoms with van der Waals surface area (Å²) in [5.74, 6) is -0.551. The quantitative estimate of drug-likeness (QED) is 0.0335. The van der Waals surface area contributed by atoms with Gasteiger partial charge in [0.05, 0.1) is 34.4 Å². The molecule has 2 unspecified atom stereocenters. The highest BCUT2D eigenvalue weighted by atomic mass is 127. The molecule has 0 aliphatic carbocycles. The Bertz CT molecular complexity index is 841. The van der Waals surface area contributed by atoms with Gasteiger partial charge in [0.1, 0.15) is 12.6 Å². The van der Waals surface area contributed by atoms with Crippen LogP contribution in [-0.4, -0.2) is 94.8 Å². The average Bonchev–Trinajstić information content (AvgIpc) is 3.02. The number of likely N-dealkylation sites (N-methyl/N-ethyl adjacent to an activating group) is 1. The van der Waals surface area contributed by atoms with E-state index in [4.69, 9.17) is 18.9 Å². The predicted octanol–water partition coefficient (Wildman–Crippen LogP) is 4.83. The molecule has 0 saturated heterocycles. The van der Waals surface area contributed by atoms with Crippen LogP contribution in [0.15, 0.2) is 0 Å². The number of ether oxygens (including phenoxy) is 4. The molecule has 0 bridgehead atoms. The Morgan fingerprint density at radius 3 is 1.33 bits per heavy atom. The normalized spacial score (nSPS) is 12.3. The summed E-state index contributed by atoms with van der Waals surface area (Å²) in [6.45, 7) is 8.12. The van der Waals surface area contributed by atoms with Gasteiger partial charge < -0.3 is 58.0 Å². The number of carbonyl (C=O) groups excluding carboxylic acids is 4. The monoisotopic (exact) mass is 813 g/mol. The third-order valence-corrected chi connectivity index (χ3v) is 7.93. The fraction of sp³-hybridized carbons (Fsp3) is 0.892. The molecular formula is C37H72IN3O8. The van der Waals surface area contributed by atoms with Crippen molar-refractivity contribution in [1.82, 2.24) is 10.6 Å². The lowest BCUT2D eigenvalue weighted by molar-refractivity contribution is -0.873. The van der Waals surface area contributed by atoms with Crippen molar-refractivity contribution in [1.29, 1.82) is 0 Å². The standard InChI is InChI=1S/C37H71N3O8.HI/c1-7-10-13-14-15-16-17-18-19-20-21-24-32(47-36(43)38-27-22-25-34(41)45-29-11-8-2)33(31-40(4,5)6)48-37(44)39-28-23-26-35(42)46-30-12-9-3;/h32-33H,7-31H2,1-6H3,(H-,38,39,43,44);1H. The maximum absolute atomic E-state index is 12.9. The molecule has 49 heavy (non-hydrogen) atoms. The van der Waals surface area contributed by atoms with E-state index >= 15 is 0 Å². The lowest BCUT2D eigenvalue weighted by Crippen LogP contribution is -3.00. The van der Waals surface area contributed by atoms with Crippen molar-refractivity contribution in [3.63, 3.8) is 0 Å². The first kappa shape index (κ1) is 49.3. The molecule has 0 aromatic heterocycles. The molecule has 0 aliphatic rings. The van der Waals surface area contributed by atoms with Crippen LogP contribution in [0.2, 0.25) is 0 Å². The maximum atomic E-state index is 12.9. The van der Waals surface area contributed by atoms with Gasteiger partial charge in [0.15, 0.2) is 6.10 Å². The minimum Gasteiger partial charge on any atom is -1.00 e. The van der Waals surface area contributed by atoms with Gasteiger partial charge in [0.25, 0.3) is 0 Å². The molecule has 2 N–H and O–H groups in total. The van der Waals surface area contributed by atoms with Gasteiger partial charge in [-0.3, -0.25) is 9.59 Å². The first-order valence-corrected chi connectivity index (χ1v) is 19.0. The molecule has 0 aromatic rings. The van der Waals surface area contributed by atoms with Crippen molar-refractivity contribution < 1.29 is 66.6 Å². The molecule has 0 rings (SSSR count). The molecule has 0 radical (unpaired) electrons. The van der Waals surface area contributed by atoms with Crippen LogP contribution in [-0.2, 0) is 28.5 Å². The predicted molar refractivity (Wildman–Crippen MR) is 191 cm³/mol. The molecule has 12 heteroatoms. The number of nitrogens with zero attached hydrogens (tertiary/aromatic N) is 1. The van der Waals surface area contributed by atoms with Crippen LogP contribution >= 0.6 is 0 Å². The van der Waals surface area contributed by atoms with Gasteiger partial charge in [-0.2, -0.15) is 0 Å². The van der Waals surface area contributed by atoms with Crippen LogP contribution in [0.4, 0.5) is 9.59 Å². The van der Waals surface area contributed by atoms with Crippen LogP contribution in [0.3, 0.4) is 0 Å². The number of hydrogen-bond acceptors (Lipinski definition) is 8. The number of amides is 2. The molecule has 2 amide bonds. The molecule has 0 aliphatic heterocycles. The van der Waals surface area contributed by atoms with E-state index in [-0.39, 0.29) is 61.8 Å². The third kappa shape index (κ3) is 33.1. The van der Waals surface area contributed by atoms with E-state index in [1.165, 1.54) is 51.4 Å². The van der Waals surface area contributed by atoms with Crippen LogP contribution in [0.1, 0.15) is 149 Å². The fourth-order valence-corrected chi connectivity index (χ4v) is 5.11. The lowest BCUT2D eigenvalue weighted by Gasteiger charge is -2.33. The van der Waals surface area contributed by atoms with Crippen molar-refractivity contribution in [2.24, 2.45) is 0 Å². The minimum absolute atomic E-state index is 0. The molecule has 2 atom stereocenters. The zero-order chi connectivity index (χ0) is 35.9. The Morgan fingerprint density at radius 1 is 0.531 bits per heavy atom. The van der Waals surface area contributed by atoms with Gasteiger partial charge >= 0.3 is 24.1 Å². The van der Waals surface area contributed by atoms with E-state index in [0.717, 1.165) is 44.9 Å². The molecule has 11 nitrogen and oxygen atoms in total. The van der Waals surface area contributed by atoms with Crippen LogP contribution in [0.25, 0.3) is 0 Å². The van der Waals surface area contributed by atoms with Crippen molar-refractivity contribution in [2.75, 3.05) is 54.0 Å². The van der Waals surface area contributed by atoms with E-state index in [1.807, 2.05) is 35.0 Å². The van der Waals surface area contributed by atoms with Gasteiger partial charge in [-0.15, -0.1) is 0 Å². The van der Waals surface area contributed by atoms with Gasteiger partial charge in [0.2, 0.25) is 0 Å². The summed E-state index contributed by atoms with van der Waals surface area (Å²) < 4.78 is 22.6. The molecule has 0 fully saturated rings. The second-order valence-corrected chi connectivity index (χ2v) is 13.9. The summed E-state index contributed by atoms with van der Waals surface area (Å²) in [7, 11) is 5.99. The van der Waals surface area contributed by atoms with Crippen LogP contribution in [0, 0.1) is 0 Å². The molecule has 0 saturated carbocycles. The first-order chi connectivity index (χ1) is 23.0. The highest BCUT2D eigenvalue weighted by Gasteiger charge is 2.33. The molecule has 0 spiro atoms. The Labute approximate surface area is 315 Å². The Morgan fingerprint density at radius 2 is 0.918 bits per heavy atom. The molecule has 0 heterocycles. The average molecular weight is 814 g/mol. The Kier molecular flexibility index (Phi) is 33.5. The van der Waals surface area contributed by atoms with E-state index < -0.39 is 24.4 Å². The van der Waals surface area contributed by atoms with Crippen molar-refractivity contribution in [3.8, 4) is 0 Å². The zero-order valence-corrected chi connectivity index (χ0v) is 34.1. The maximum Gasteiger partial charge on any atom is 0.407 e. The van der Waals surface area contributed by atoms with E-state index in [9.17, 15) is 19.2 Å². The number of hydrogen-bond donors (Lipinski definition) is 2. The number of rotatable bonds is 31. The Hall–Kier alpha value is -1.83. The lowest BCUT2D eigenvalue weighted by atomic mass is 10.0. The number of carbonyl (C=O) groups is 4. The largest absolute Gasteiger partial charge is 1.00 e. The van der Waals surface area contributed by atoms with Crippen molar-refractivity contribution in [3.05, 3.63) is 0 Å². The van der Waals surface area contributed by atoms with E-state index in [0.29, 0.717) is 43.5 Å². The first-order valence-electron chi connectivity index (χ1n) is 19.0. The van der Waals surface area contributed by atoms with Crippen LogP contribution < -0.4 is 34.6 Å². The summed E-state index contributed by atoms with van der Waals surface area (Å²) in [6, 6.07) is 0. The number of halogens is 1. The van der Waals surface area contributed by atoms with Gasteiger partial charge in [0, 0.05) is 25.9 Å². The van der Waals surface area contributed by atoms with Gasteiger partial charge in [-0.05, 0) is 38.5 Å². The molecule has 290 valence electrons. The number of nitrogens with one attached hydrogen (secondary N) is 2. The second kappa shape index (κ2) is 33.3. The number of esters is 2. The summed E-state index contributed by atoms with van der Waals surface area (Å²) in [6.07, 6.45) is 16.2. The van der Waals surface area contributed by atoms with Crippen molar-refractivity contribution in [2.45, 2.75) is 161 Å². The number of alkyl carbamates (subject to hydrolysis) is 2.